The molecule has 0 bridgehead atoms. The predicted octanol–water partition coefficient (Wildman–Crippen LogP) is -1.23. The highest BCUT2D eigenvalue weighted by molar-refractivity contribution is 14.1. The summed E-state index contributed by atoms with van der Waals surface area (Å²) in [5, 5.41) is 22.7. The van der Waals surface area contributed by atoms with Gasteiger partial charge in [-0.3, -0.25) is 14.2 Å². The number of likely N-dealkylation sites (N-methyl/N-ethyl adjacent to an activating group) is 1. The summed E-state index contributed by atoms with van der Waals surface area (Å²) >= 11 is 1.92. The second-order valence-corrected chi connectivity index (χ2v) is 5.98. The summed E-state index contributed by atoms with van der Waals surface area (Å²) < 4.78 is 7.38. The van der Waals surface area contributed by atoms with Gasteiger partial charge in [-0.05, 0) is 0 Å². The van der Waals surface area contributed by atoms with Gasteiger partial charge in [-0.25, -0.2) is 20.4 Å². The molecule has 4 N–H and O–H groups in total. The lowest BCUT2D eigenvalue weighted by molar-refractivity contribution is -0.137. The molecular weight excluding hydrogens is 435 g/mol. The molecule has 2 aromatic rings. The summed E-state index contributed by atoms with van der Waals surface area (Å²) in [7, 11) is 2.86. The van der Waals surface area contributed by atoms with Crippen molar-refractivity contribution in [2.45, 2.75) is 24.5 Å². The Bertz CT molecular complexity index is 770. The van der Waals surface area contributed by atoms with Crippen LogP contribution in [0.5, 0.6) is 0 Å². The van der Waals surface area contributed by atoms with Gasteiger partial charge in [-0.2, -0.15) is 0 Å². The maximum Gasteiger partial charge on any atom is 0.251 e. The van der Waals surface area contributed by atoms with Crippen LogP contribution in [0.2, 0.25) is 0 Å². The highest BCUT2D eigenvalue weighted by atomic mass is 127. The number of halogens is 1. The number of rotatable bonds is 4. The Morgan fingerprint density at radius 1 is 1.42 bits per heavy atom. The highest BCUT2D eigenvalue weighted by Crippen LogP contribution is 2.32. The van der Waals surface area contributed by atoms with E-state index in [0.29, 0.717) is 20.8 Å². The van der Waals surface area contributed by atoms with Crippen molar-refractivity contribution in [3.05, 3.63) is 10.2 Å². The second kappa shape index (κ2) is 6.72. The third-order valence-corrected chi connectivity index (χ3v) is 4.09. The number of aromatic nitrogens is 4. The largest absolute Gasteiger partial charge is 0.387 e. The van der Waals surface area contributed by atoms with Crippen LogP contribution in [0.4, 0.5) is 5.82 Å². The summed E-state index contributed by atoms with van der Waals surface area (Å²) in [6, 6.07) is 0. The van der Waals surface area contributed by atoms with E-state index < -0.39 is 30.4 Å². The number of nitrogens with one attached hydrogen (secondary N) is 2. The molecule has 1 aliphatic rings. The lowest BCUT2D eigenvalue weighted by Crippen LogP contribution is -2.41. The van der Waals surface area contributed by atoms with E-state index in [2.05, 4.69) is 25.7 Å². The number of ether oxygens (including phenoxy) is 1. The second-order valence-electron chi connectivity index (χ2n) is 5.01. The van der Waals surface area contributed by atoms with Gasteiger partial charge in [0.15, 0.2) is 33.1 Å². The highest BCUT2D eigenvalue weighted by Gasteiger charge is 2.47. The average Bonchev–Trinajstić information content (AvgIpc) is 3.09. The van der Waals surface area contributed by atoms with Crippen LogP contribution in [-0.4, -0.2) is 68.1 Å². The Kier molecular flexibility index (Phi) is 4.82. The van der Waals surface area contributed by atoms with Gasteiger partial charge in [0.25, 0.3) is 5.91 Å². The van der Waals surface area contributed by atoms with E-state index in [1.54, 1.807) is 0 Å². The summed E-state index contributed by atoms with van der Waals surface area (Å²) in [6.07, 6.45) is -3.51. The normalized spacial score (nSPS) is 26.7. The van der Waals surface area contributed by atoms with E-state index in [9.17, 15) is 15.0 Å². The summed E-state index contributed by atoms with van der Waals surface area (Å²) in [4.78, 5) is 29.3. The smallest absolute Gasteiger partial charge is 0.251 e. The summed E-state index contributed by atoms with van der Waals surface area (Å²) in [5.74, 6) is -0.180. The first-order valence-electron chi connectivity index (χ1n) is 6.90. The van der Waals surface area contributed by atoms with Crippen molar-refractivity contribution in [3.8, 4) is 0 Å². The molecule has 24 heavy (non-hydrogen) atoms. The molecular formula is C12H15IN6O5. The first-order chi connectivity index (χ1) is 11.5. The molecule has 1 fully saturated rings. The molecule has 0 spiro atoms. The quantitative estimate of drug-likeness (QED) is 0.256. The first kappa shape index (κ1) is 17.2. The van der Waals surface area contributed by atoms with Crippen molar-refractivity contribution in [1.29, 1.82) is 0 Å². The molecule has 2 aromatic heterocycles. The molecule has 3 heterocycles. The van der Waals surface area contributed by atoms with Crippen LogP contribution in [0.3, 0.4) is 0 Å². The van der Waals surface area contributed by atoms with Crippen LogP contribution >= 0.6 is 22.6 Å². The molecule has 130 valence electrons. The number of nitrogens with zero attached hydrogens (tertiary/aromatic N) is 4. The van der Waals surface area contributed by atoms with Gasteiger partial charge >= 0.3 is 0 Å². The zero-order chi connectivity index (χ0) is 17.4. The number of anilines is 1. The number of imidazole rings is 1. The summed E-state index contributed by atoms with van der Waals surface area (Å²) in [6.45, 7) is 0. The van der Waals surface area contributed by atoms with Crippen molar-refractivity contribution in [2.75, 3.05) is 19.6 Å². The number of amides is 1. The van der Waals surface area contributed by atoms with Gasteiger partial charge in [0.2, 0.25) is 0 Å². The van der Waals surface area contributed by atoms with E-state index in [4.69, 9.17) is 9.57 Å². The molecule has 0 saturated carbocycles. The van der Waals surface area contributed by atoms with Crippen LogP contribution in [0.15, 0.2) is 6.33 Å². The maximum atomic E-state index is 11.8. The van der Waals surface area contributed by atoms with Crippen molar-refractivity contribution in [1.82, 2.24) is 24.8 Å². The fraction of sp³-hybridized carbons (Fsp3) is 0.500. The number of carbonyl (C=O) groups excluding carboxylic acids is 1. The standard InChI is InChI=1S/C12H15IN6O5/c1-14-10(22)7-5(20)6(21)11(24-7)19-3-15-4-8(18-23-2)16-12(13)17-9(4)19/h3,5-7,11,20-21H,1-2H3,(H,14,22)(H,16,17,18)/t5-,6+,7-,11+/m0/s1. The van der Waals surface area contributed by atoms with Gasteiger partial charge in [0, 0.05) is 29.6 Å². The number of hydrogen-bond donors (Lipinski definition) is 4. The number of aliphatic hydroxyl groups excluding tert-OH is 2. The van der Waals surface area contributed by atoms with E-state index >= 15 is 0 Å². The summed E-state index contributed by atoms with van der Waals surface area (Å²) in [5.41, 5.74) is 3.36. The van der Waals surface area contributed by atoms with Gasteiger partial charge < -0.3 is 20.3 Å². The fourth-order valence-electron chi connectivity index (χ4n) is 2.49. The van der Waals surface area contributed by atoms with Crippen LogP contribution in [0.25, 0.3) is 11.2 Å². The first-order valence-corrected chi connectivity index (χ1v) is 7.98. The average molecular weight is 450 g/mol. The minimum Gasteiger partial charge on any atom is -0.387 e. The molecule has 1 aliphatic heterocycles. The topological polar surface area (TPSA) is 144 Å². The van der Waals surface area contributed by atoms with Gasteiger partial charge in [-0.15, -0.1) is 0 Å². The molecule has 0 aliphatic carbocycles. The fourth-order valence-corrected chi connectivity index (χ4v) is 2.96. The third-order valence-electron chi connectivity index (χ3n) is 3.61. The Labute approximate surface area is 149 Å². The van der Waals surface area contributed by atoms with Crippen LogP contribution in [0.1, 0.15) is 6.23 Å². The lowest BCUT2D eigenvalue weighted by atomic mass is 10.1. The molecule has 12 heteroatoms. The molecule has 3 rings (SSSR count). The van der Waals surface area contributed by atoms with Gasteiger partial charge in [0.05, 0.1) is 13.4 Å². The Hall–Kier alpha value is -1.61. The van der Waals surface area contributed by atoms with E-state index in [0.717, 1.165) is 0 Å². The van der Waals surface area contributed by atoms with Crippen molar-refractivity contribution < 1.29 is 24.6 Å². The van der Waals surface area contributed by atoms with Crippen LogP contribution in [0, 0.1) is 3.83 Å². The van der Waals surface area contributed by atoms with Crippen LogP contribution in [-0.2, 0) is 14.4 Å². The minimum atomic E-state index is -1.37. The number of fused-ring (bicyclic) bond motifs is 1. The van der Waals surface area contributed by atoms with Crippen molar-refractivity contribution in [3.63, 3.8) is 0 Å². The lowest BCUT2D eigenvalue weighted by Gasteiger charge is -2.16. The molecule has 0 unspecified atom stereocenters. The van der Waals surface area contributed by atoms with E-state index in [1.807, 2.05) is 22.6 Å². The number of carbonyl (C=O) groups is 1. The SMILES string of the molecule is CNC(=O)[C@H]1O[C@@H](n2cnc3c(NOC)nc(I)nc32)[C@H](O)[C@@H]1O. The Morgan fingerprint density at radius 3 is 2.83 bits per heavy atom. The maximum absolute atomic E-state index is 11.8. The zero-order valence-corrected chi connectivity index (χ0v) is 14.8. The number of hydrogen-bond acceptors (Lipinski definition) is 9. The van der Waals surface area contributed by atoms with E-state index in [1.165, 1.54) is 25.1 Å². The van der Waals surface area contributed by atoms with Crippen molar-refractivity contribution >= 4 is 45.5 Å². The zero-order valence-electron chi connectivity index (χ0n) is 12.7. The minimum absolute atomic E-state index is 0.349. The van der Waals surface area contributed by atoms with Crippen molar-refractivity contribution in [2.24, 2.45) is 0 Å². The predicted molar refractivity (Wildman–Crippen MR) is 88.7 cm³/mol. The molecule has 0 radical (unpaired) electrons. The third kappa shape index (κ3) is 2.79. The Balaban J connectivity index is 2.02. The van der Waals surface area contributed by atoms with Crippen LogP contribution < -0.4 is 10.8 Å². The van der Waals surface area contributed by atoms with Gasteiger partial charge in [-0.1, -0.05) is 0 Å². The monoisotopic (exact) mass is 450 g/mol. The molecule has 4 atom stereocenters. The molecule has 1 saturated heterocycles. The number of aliphatic hydroxyl groups is 2. The molecule has 0 aromatic carbocycles. The van der Waals surface area contributed by atoms with Gasteiger partial charge in [0.1, 0.15) is 12.2 Å². The molecule has 11 nitrogen and oxygen atoms in total. The molecule has 1 amide bonds. The van der Waals surface area contributed by atoms with E-state index in [-0.39, 0.29) is 0 Å². The Morgan fingerprint density at radius 2 is 2.17 bits per heavy atom.